The molecule has 0 atom stereocenters. The molecule has 0 aromatic rings. The Balaban J connectivity index is 1.86. The van der Waals surface area contributed by atoms with Crippen LogP contribution in [0.3, 0.4) is 0 Å². The second-order valence-corrected chi connectivity index (χ2v) is 7.21. The van der Waals surface area contributed by atoms with E-state index in [1.807, 2.05) is 25.7 Å². The van der Waals surface area contributed by atoms with Crippen LogP contribution in [-0.2, 0) is 4.74 Å². The minimum Gasteiger partial charge on any atom is -0.444 e. The quantitative estimate of drug-likeness (QED) is 0.838. The normalized spacial score (nSPS) is 23.9. The van der Waals surface area contributed by atoms with Crippen LogP contribution in [-0.4, -0.2) is 36.2 Å². The maximum Gasteiger partial charge on any atom is 0.410 e. The van der Waals surface area contributed by atoms with E-state index < -0.39 is 5.60 Å². The summed E-state index contributed by atoms with van der Waals surface area (Å²) in [5, 5.41) is 0. The molecule has 2 aliphatic rings. The van der Waals surface area contributed by atoms with E-state index in [1.54, 1.807) is 0 Å². The molecule has 4 nitrogen and oxygen atoms in total. The van der Waals surface area contributed by atoms with Crippen LogP contribution in [0.5, 0.6) is 0 Å². The molecule has 110 valence electrons. The molecule has 2 N–H and O–H groups in total. The summed E-state index contributed by atoms with van der Waals surface area (Å²) < 4.78 is 5.40. The number of rotatable bonds is 2. The molecular formula is C15H28N2O2. The summed E-state index contributed by atoms with van der Waals surface area (Å²) in [6.07, 6.45) is 6.21. The van der Waals surface area contributed by atoms with Crippen LogP contribution < -0.4 is 5.73 Å². The van der Waals surface area contributed by atoms with Gasteiger partial charge >= 0.3 is 6.09 Å². The van der Waals surface area contributed by atoms with Gasteiger partial charge in [-0.2, -0.15) is 0 Å². The van der Waals surface area contributed by atoms with Crippen molar-refractivity contribution in [3.05, 3.63) is 0 Å². The number of carbonyl (C=O) groups is 1. The molecule has 19 heavy (non-hydrogen) atoms. The second kappa shape index (κ2) is 5.31. The van der Waals surface area contributed by atoms with E-state index in [0.717, 1.165) is 19.6 Å². The minimum absolute atomic E-state index is 0.174. The van der Waals surface area contributed by atoms with E-state index in [1.165, 1.54) is 32.1 Å². The molecule has 2 rings (SSSR count). The number of carbonyl (C=O) groups excluding carboxylic acids is 1. The topological polar surface area (TPSA) is 55.6 Å². The maximum absolute atomic E-state index is 11.9. The Morgan fingerprint density at radius 1 is 1.26 bits per heavy atom. The summed E-state index contributed by atoms with van der Waals surface area (Å²) in [7, 11) is 0. The van der Waals surface area contributed by atoms with Crippen molar-refractivity contribution in [3.63, 3.8) is 0 Å². The number of likely N-dealkylation sites (tertiary alicyclic amines) is 1. The maximum atomic E-state index is 11.9. The Hall–Kier alpha value is -0.770. The molecule has 1 aliphatic carbocycles. The van der Waals surface area contributed by atoms with Gasteiger partial charge in [0.25, 0.3) is 0 Å². The van der Waals surface area contributed by atoms with Crippen molar-refractivity contribution in [2.75, 3.05) is 19.6 Å². The summed E-state index contributed by atoms with van der Waals surface area (Å²) >= 11 is 0. The Morgan fingerprint density at radius 3 is 2.32 bits per heavy atom. The van der Waals surface area contributed by atoms with Gasteiger partial charge in [-0.3, -0.25) is 0 Å². The van der Waals surface area contributed by atoms with Crippen molar-refractivity contribution >= 4 is 6.09 Å². The molecule has 0 bridgehead atoms. The predicted octanol–water partition coefficient (Wildman–Crippen LogP) is 2.76. The third-order valence-corrected chi connectivity index (χ3v) is 4.66. The highest BCUT2D eigenvalue weighted by Crippen LogP contribution is 2.45. The standard InChI is InChI=1S/C15H28N2O2/c1-14(2,3)19-13(18)17-9-12(10-17)15(11-16)7-5-4-6-8-15/h12H,4-11,16H2,1-3H3. The average molecular weight is 268 g/mol. The monoisotopic (exact) mass is 268 g/mol. The molecule has 1 heterocycles. The van der Waals surface area contributed by atoms with Crippen molar-refractivity contribution < 1.29 is 9.53 Å². The van der Waals surface area contributed by atoms with Crippen LogP contribution in [0.2, 0.25) is 0 Å². The van der Waals surface area contributed by atoms with Gasteiger partial charge in [-0.05, 0) is 45.6 Å². The number of hydrogen-bond donors (Lipinski definition) is 1. The average Bonchev–Trinajstić information content (AvgIpc) is 2.25. The van der Waals surface area contributed by atoms with Crippen LogP contribution in [0.25, 0.3) is 0 Å². The van der Waals surface area contributed by atoms with E-state index in [-0.39, 0.29) is 11.5 Å². The van der Waals surface area contributed by atoms with Crippen molar-refractivity contribution in [2.45, 2.75) is 58.5 Å². The smallest absolute Gasteiger partial charge is 0.410 e. The Morgan fingerprint density at radius 2 is 1.84 bits per heavy atom. The van der Waals surface area contributed by atoms with Crippen LogP contribution in [0.1, 0.15) is 52.9 Å². The number of nitrogens with two attached hydrogens (primary N) is 1. The molecule has 0 aromatic carbocycles. The first-order chi connectivity index (χ1) is 8.86. The zero-order valence-electron chi connectivity index (χ0n) is 12.6. The highest BCUT2D eigenvalue weighted by Gasteiger charge is 2.46. The van der Waals surface area contributed by atoms with Crippen molar-refractivity contribution in [3.8, 4) is 0 Å². The van der Waals surface area contributed by atoms with Gasteiger partial charge in [0.1, 0.15) is 5.60 Å². The molecule has 0 aromatic heterocycles. The van der Waals surface area contributed by atoms with E-state index in [2.05, 4.69) is 0 Å². The van der Waals surface area contributed by atoms with Crippen molar-refractivity contribution in [1.82, 2.24) is 4.90 Å². The lowest BCUT2D eigenvalue weighted by molar-refractivity contribution is -0.0412. The third kappa shape index (κ3) is 3.22. The van der Waals surface area contributed by atoms with Gasteiger partial charge in [-0.1, -0.05) is 19.3 Å². The highest BCUT2D eigenvalue weighted by molar-refractivity contribution is 5.69. The lowest BCUT2D eigenvalue weighted by Crippen LogP contribution is -2.59. The zero-order valence-corrected chi connectivity index (χ0v) is 12.6. The number of hydrogen-bond acceptors (Lipinski definition) is 3. The molecule has 4 heteroatoms. The van der Waals surface area contributed by atoms with E-state index in [9.17, 15) is 4.79 Å². The zero-order chi connectivity index (χ0) is 14.1. The fourth-order valence-corrected chi connectivity index (χ4v) is 3.38. The lowest BCUT2D eigenvalue weighted by Gasteiger charge is -2.51. The number of amides is 1. The van der Waals surface area contributed by atoms with Crippen molar-refractivity contribution in [1.29, 1.82) is 0 Å². The van der Waals surface area contributed by atoms with Crippen LogP contribution in [0, 0.1) is 11.3 Å². The molecule has 0 unspecified atom stereocenters. The van der Waals surface area contributed by atoms with Crippen LogP contribution in [0.15, 0.2) is 0 Å². The van der Waals surface area contributed by atoms with Gasteiger partial charge in [0.2, 0.25) is 0 Å². The molecule has 1 saturated carbocycles. The first-order valence-electron chi connectivity index (χ1n) is 7.54. The molecule has 0 radical (unpaired) electrons. The summed E-state index contributed by atoms with van der Waals surface area (Å²) in [5.74, 6) is 0.574. The SMILES string of the molecule is CC(C)(C)OC(=O)N1CC(C2(CN)CCCCC2)C1. The third-order valence-electron chi connectivity index (χ3n) is 4.66. The molecular weight excluding hydrogens is 240 g/mol. The van der Waals surface area contributed by atoms with Gasteiger partial charge in [0.15, 0.2) is 0 Å². The Kier molecular flexibility index (Phi) is 4.09. The number of ether oxygens (including phenoxy) is 1. The van der Waals surface area contributed by atoms with Crippen LogP contribution >= 0.6 is 0 Å². The van der Waals surface area contributed by atoms with Gasteiger partial charge in [0.05, 0.1) is 0 Å². The largest absolute Gasteiger partial charge is 0.444 e. The first-order valence-corrected chi connectivity index (χ1v) is 7.54. The highest BCUT2D eigenvalue weighted by atomic mass is 16.6. The second-order valence-electron chi connectivity index (χ2n) is 7.21. The summed E-state index contributed by atoms with van der Waals surface area (Å²) in [6, 6.07) is 0. The van der Waals surface area contributed by atoms with Crippen molar-refractivity contribution in [2.24, 2.45) is 17.1 Å². The first kappa shape index (κ1) is 14.6. The van der Waals surface area contributed by atoms with Gasteiger partial charge in [-0.15, -0.1) is 0 Å². The lowest BCUT2D eigenvalue weighted by atomic mass is 9.63. The van der Waals surface area contributed by atoms with Crippen LogP contribution in [0.4, 0.5) is 4.79 Å². The summed E-state index contributed by atoms with van der Waals surface area (Å²) in [4.78, 5) is 13.8. The van der Waals surface area contributed by atoms with Gasteiger partial charge in [-0.25, -0.2) is 4.79 Å². The molecule has 1 aliphatic heterocycles. The molecule has 1 amide bonds. The van der Waals surface area contributed by atoms with Gasteiger partial charge < -0.3 is 15.4 Å². The molecule has 1 saturated heterocycles. The minimum atomic E-state index is -0.404. The summed E-state index contributed by atoms with van der Waals surface area (Å²) in [5.41, 5.74) is 5.92. The Bertz CT molecular complexity index is 324. The van der Waals surface area contributed by atoms with E-state index in [0.29, 0.717) is 5.92 Å². The van der Waals surface area contributed by atoms with Gasteiger partial charge in [0, 0.05) is 19.0 Å². The van der Waals surface area contributed by atoms with E-state index in [4.69, 9.17) is 10.5 Å². The van der Waals surface area contributed by atoms with E-state index >= 15 is 0 Å². The Labute approximate surface area is 116 Å². The predicted molar refractivity (Wildman–Crippen MR) is 75.9 cm³/mol. The number of nitrogens with zero attached hydrogens (tertiary/aromatic N) is 1. The fraction of sp³-hybridized carbons (Fsp3) is 0.933. The molecule has 2 fully saturated rings. The fourth-order valence-electron chi connectivity index (χ4n) is 3.38. The summed E-state index contributed by atoms with van der Waals surface area (Å²) in [6.45, 7) is 8.14. The molecule has 0 spiro atoms.